The van der Waals surface area contributed by atoms with Gasteiger partial charge in [-0.2, -0.15) is 0 Å². The number of rotatable bonds is 4. The minimum absolute atomic E-state index is 0.756. The van der Waals surface area contributed by atoms with Crippen LogP contribution in [0, 0.1) is 0 Å². The number of para-hydroxylation sites is 1. The van der Waals surface area contributed by atoms with Gasteiger partial charge >= 0.3 is 0 Å². The maximum Gasteiger partial charge on any atom is 0.112 e. The van der Waals surface area contributed by atoms with Gasteiger partial charge < -0.3 is 9.80 Å². The van der Waals surface area contributed by atoms with Crippen LogP contribution in [0.2, 0.25) is 0 Å². The maximum absolute atomic E-state index is 5.73. The van der Waals surface area contributed by atoms with Crippen molar-refractivity contribution in [1.82, 2.24) is 4.90 Å². The minimum atomic E-state index is 0.756. The summed E-state index contributed by atoms with van der Waals surface area (Å²) in [6, 6.07) is 24.9. The van der Waals surface area contributed by atoms with Crippen molar-refractivity contribution in [2.75, 3.05) is 19.0 Å². The Balaban J connectivity index is 2.15. The molecule has 3 heteroatoms. The highest BCUT2D eigenvalue weighted by molar-refractivity contribution is 7.81. The lowest BCUT2D eigenvalue weighted by atomic mass is 10.1. The fraction of sp³-hybridized carbons (Fsp3) is 0.0952. The van der Waals surface area contributed by atoms with Crippen molar-refractivity contribution in [3.05, 3.63) is 85.1 Å². The molecular weight excluding hydrogens is 312 g/mol. The molecule has 0 atom stereocenters. The maximum atomic E-state index is 5.73. The van der Waals surface area contributed by atoms with Crippen LogP contribution in [0.3, 0.4) is 0 Å². The minimum Gasteiger partial charge on any atom is -0.383 e. The molecule has 3 aromatic carbocycles. The molecule has 0 aliphatic rings. The highest BCUT2D eigenvalue weighted by Gasteiger charge is 2.15. The molecule has 2 nitrogen and oxygen atoms in total. The van der Waals surface area contributed by atoms with Gasteiger partial charge in [-0.3, -0.25) is 0 Å². The summed E-state index contributed by atoms with van der Waals surface area (Å²) >= 11 is 5.73. The number of hydrogen-bond acceptors (Lipinski definition) is 2. The number of fused-ring (bicyclic) bond motifs is 1. The summed E-state index contributed by atoms with van der Waals surface area (Å²) in [6.07, 6.45) is 3.94. The Morgan fingerprint density at radius 2 is 1.50 bits per heavy atom. The van der Waals surface area contributed by atoms with Gasteiger partial charge in [0.15, 0.2) is 0 Å². The zero-order valence-electron chi connectivity index (χ0n) is 13.9. The number of thiocarbonyl (C=S) groups is 1. The van der Waals surface area contributed by atoms with Crippen molar-refractivity contribution in [3.63, 3.8) is 0 Å². The van der Waals surface area contributed by atoms with E-state index < -0.39 is 0 Å². The molecule has 0 saturated heterocycles. The lowest BCUT2D eigenvalue weighted by molar-refractivity contribution is 0.564. The monoisotopic (exact) mass is 332 g/mol. The highest BCUT2D eigenvalue weighted by Crippen LogP contribution is 2.33. The van der Waals surface area contributed by atoms with E-state index in [0.717, 1.165) is 16.4 Å². The molecule has 0 aliphatic carbocycles. The van der Waals surface area contributed by atoms with Crippen LogP contribution in [0.1, 0.15) is 0 Å². The summed E-state index contributed by atoms with van der Waals surface area (Å²) in [5.74, 6) is 0. The van der Waals surface area contributed by atoms with Crippen molar-refractivity contribution < 1.29 is 0 Å². The molecule has 0 N–H and O–H groups in total. The SMILES string of the molecule is CN(C)/C=C/C(=S)N(c1ccccc1)c1cccc2ccccc12. The molecule has 0 aliphatic heterocycles. The molecule has 0 amide bonds. The van der Waals surface area contributed by atoms with Crippen LogP contribution in [0.5, 0.6) is 0 Å². The number of hydrogen-bond donors (Lipinski definition) is 0. The Bertz CT molecular complexity index is 864. The van der Waals surface area contributed by atoms with Crippen molar-refractivity contribution in [1.29, 1.82) is 0 Å². The lowest BCUT2D eigenvalue weighted by Crippen LogP contribution is -2.23. The molecule has 0 bridgehead atoms. The number of anilines is 2. The first-order chi connectivity index (χ1) is 11.7. The molecule has 0 spiro atoms. The van der Waals surface area contributed by atoms with Crippen LogP contribution in [-0.4, -0.2) is 24.0 Å². The topological polar surface area (TPSA) is 6.48 Å². The normalized spacial score (nSPS) is 10.9. The van der Waals surface area contributed by atoms with Crippen molar-refractivity contribution in [2.24, 2.45) is 0 Å². The Morgan fingerprint density at radius 3 is 2.25 bits per heavy atom. The van der Waals surface area contributed by atoms with E-state index in [1.807, 2.05) is 49.5 Å². The molecule has 0 aromatic heterocycles. The van der Waals surface area contributed by atoms with E-state index in [9.17, 15) is 0 Å². The predicted octanol–water partition coefficient (Wildman–Crippen LogP) is 5.38. The zero-order chi connectivity index (χ0) is 16.9. The number of benzene rings is 3. The summed E-state index contributed by atoms with van der Waals surface area (Å²) in [4.78, 5) is 4.86. The standard InChI is InChI=1S/C21H20N2S/c1-22(2)16-15-21(24)23(18-11-4-3-5-12-18)20-14-8-10-17-9-6-7-13-19(17)20/h3-16H,1-2H3/b16-15+. The molecule has 0 unspecified atom stereocenters. The molecule has 0 heterocycles. The van der Waals surface area contributed by atoms with Crippen LogP contribution in [0.4, 0.5) is 11.4 Å². The molecule has 3 aromatic rings. The van der Waals surface area contributed by atoms with Gasteiger partial charge in [0.25, 0.3) is 0 Å². The van der Waals surface area contributed by atoms with Gasteiger partial charge in [0.2, 0.25) is 0 Å². The van der Waals surface area contributed by atoms with E-state index in [1.165, 1.54) is 10.8 Å². The molecule has 24 heavy (non-hydrogen) atoms. The van der Waals surface area contributed by atoms with Crippen LogP contribution in [0.15, 0.2) is 85.1 Å². The van der Waals surface area contributed by atoms with Gasteiger partial charge in [-0.25, -0.2) is 0 Å². The second kappa shape index (κ2) is 7.28. The summed E-state index contributed by atoms with van der Waals surface area (Å²) < 4.78 is 0. The van der Waals surface area contributed by atoms with Crippen LogP contribution in [0.25, 0.3) is 10.8 Å². The van der Waals surface area contributed by atoms with Crippen molar-refractivity contribution in [2.45, 2.75) is 0 Å². The van der Waals surface area contributed by atoms with E-state index in [4.69, 9.17) is 12.2 Å². The Hall–Kier alpha value is -2.65. The fourth-order valence-corrected chi connectivity index (χ4v) is 2.92. The van der Waals surface area contributed by atoms with Crippen molar-refractivity contribution >= 4 is 39.4 Å². The largest absolute Gasteiger partial charge is 0.383 e. The van der Waals surface area contributed by atoms with E-state index in [1.54, 1.807) is 0 Å². The lowest BCUT2D eigenvalue weighted by Gasteiger charge is -2.25. The molecule has 0 fully saturated rings. The Labute approximate surface area is 148 Å². The fourth-order valence-electron chi connectivity index (χ4n) is 2.65. The average molecular weight is 332 g/mol. The van der Waals surface area contributed by atoms with E-state index >= 15 is 0 Å². The third kappa shape index (κ3) is 3.47. The number of nitrogens with zero attached hydrogens (tertiary/aromatic N) is 2. The van der Waals surface area contributed by atoms with E-state index in [2.05, 4.69) is 59.5 Å². The zero-order valence-corrected chi connectivity index (χ0v) is 14.7. The van der Waals surface area contributed by atoms with Crippen LogP contribution >= 0.6 is 12.2 Å². The third-order valence-corrected chi connectivity index (χ3v) is 4.08. The second-order valence-corrected chi connectivity index (χ2v) is 6.21. The third-order valence-electron chi connectivity index (χ3n) is 3.76. The van der Waals surface area contributed by atoms with E-state index in [0.29, 0.717) is 0 Å². The summed E-state index contributed by atoms with van der Waals surface area (Å²) in [7, 11) is 3.98. The summed E-state index contributed by atoms with van der Waals surface area (Å²) in [5.41, 5.74) is 2.15. The van der Waals surface area contributed by atoms with Gasteiger partial charge in [-0.15, -0.1) is 0 Å². The Kier molecular flexibility index (Phi) is 4.92. The first-order valence-corrected chi connectivity index (χ1v) is 8.29. The Morgan fingerprint density at radius 1 is 0.833 bits per heavy atom. The van der Waals surface area contributed by atoms with Crippen LogP contribution in [-0.2, 0) is 0 Å². The second-order valence-electron chi connectivity index (χ2n) is 5.79. The van der Waals surface area contributed by atoms with Crippen LogP contribution < -0.4 is 4.90 Å². The van der Waals surface area contributed by atoms with Gasteiger partial charge in [0.1, 0.15) is 4.99 Å². The molecule has 0 radical (unpaired) electrons. The first-order valence-electron chi connectivity index (χ1n) is 7.88. The predicted molar refractivity (Wildman–Crippen MR) is 108 cm³/mol. The molecule has 120 valence electrons. The van der Waals surface area contributed by atoms with Gasteiger partial charge in [-0.05, 0) is 29.7 Å². The van der Waals surface area contributed by atoms with Crippen molar-refractivity contribution in [3.8, 4) is 0 Å². The molecule has 0 saturated carbocycles. The van der Waals surface area contributed by atoms with Gasteiger partial charge in [0, 0.05) is 31.4 Å². The summed E-state index contributed by atoms with van der Waals surface area (Å²) in [6.45, 7) is 0. The van der Waals surface area contributed by atoms with E-state index in [-0.39, 0.29) is 0 Å². The molecule has 3 rings (SSSR count). The average Bonchev–Trinajstić information content (AvgIpc) is 2.61. The highest BCUT2D eigenvalue weighted by atomic mass is 32.1. The molecular formula is C21H20N2S. The van der Waals surface area contributed by atoms with Gasteiger partial charge in [0.05, 0.1) is 5.69 Å². The first kappa shape index (κ1) is 16.2. The quantitative estimate of drug-likeness (QED) is 0.468. The summed E-state index contributed by atoms with van der Waals surface area (Å²) in [5, 5.41) is 2.39. The van der Waals surface area contributed by atoms with Gasteiger partial charge in [-0.1, -0.05) is 66.8 Å². The smallest absolute Gasteiger partial charge is 0.112 e.